The highest BCUT2D eigenvalue weighted by Gasteiger charge is 2.45. The topological polar surface area (TPSA) is 81.7 Å². The van der Waals surface area contributed by atoms with Gasteiger partial charge in [-0.15, -0.1) is 0 Å². The first-order valence-corrected chi connectivity index (χ1v) is 10.2. The van der Waals surface area contributed by atoms with Crippen LogP contribution >= 0.6 is 0 Å². The van der Waals surface area contributed by atoms with Gasteiger partial charge >= 0.3 is 18.2 Å². The van der Waals surface area contributed by atoms with Crippen LogP contribution in [0.15, 0.2) is 47.3 Å². The van der Waals surface area contributed by atoms with Gasteiger partial charge in [0.1, 0.15) is 0 Å². The minimum absolute atomic E-state index is 0.0853. The number of carbonyl (C=O) groups excluding carboxylic acids is 1. The quantitative estimate of drug-likeness (QED) is 0.677. The van der Waals surface area contributed by atoms with E-state index in [1.807, 2.05) is 0 Å². The predicted octanol–water partition coefficient (Wildman–Crippen LogP) is 3.69. The van der Waals surface area contributed by atoms with Crippen molar-refractivity contribution in [1.82, 2.24) is 15.5 Å². The van der Waals surface area contributed by atoms with E-state index in [4.69, 9.17) is 0 Å². The smallest absolute Gasteiger partial charge is 0.416 e. The number of aliphatic carboxylic acids is 1. The second kappa shape index (κ2) is 7.94. The third kappa shape index (κ3) is 4.26. The number of likely N-dealkylation sites (tertiary alicyclic amines) is 1. The minimum atomic E-state index is -4.38. The van der Waals surface area contributed by atoms with Crippen LogP contribution in [-0.2, 0) is 11.0 Å². The lowest BCUT2D eigenvalue weighted by Gasteiger charge is -2.24. The number of nitrogens with zero attached hydrogens (tertiary/aromatic N) is 1. The van der Waals surface area contributed by atoms with E-state index in [1.165, 1.54) is 6.07 Å². The highest BCUT2D eigenvalue weighted by atomic mass is 19.4. The number of amides is 2. The molecule has 0 aromatic heterocycles. The number of dihydropyridines is 1. The summed E-state index contributed by atoms with van der Waals surface area (Å²) in [6, 6.07) is 5.36. The number of benzene rings is 1. The van der Waals surface area contributed by atoms with Gasteiger partial charge in [-0.2, -0.15) is 13.2 Å². The molecule has 2 aliphatic heterocycles. The Morgan fingerprint density at radius 1 is 1.16 bits per heavy atom. The van der Waals surface area contributed by atoms with E-state index in [0.29, 0.717) is 31.5 Å². The van der Waals surface area contributed by atoms with Crippen molar-refractivity contribution in [1.29, 1.82) is 0 Å². The molecular formula is C22H24F3N3O3. The Kier molecular flexibility index (Phi) is 5.45. The number of allylic oxidation sites excluding steroid dienone is 2. The lowest BCUT2D eigenvalue weighted by molar-refractivity contribution is -0.138. The summed E-state index contributed by atoms with van der Waals surface area (Å²) in [6.07, 6.45) is -1.58. The first-order chi connectivity index (χ1) is 14.6. The van der Waals surface area contributed by atoms with Crippen LogP contribution in [0, 0.1) is 11.8 Å². The zero-order valence-electron chi connectivity index (χ0n) is 17.0. The normalized spacial score (nSPS) is 25.7. The first-order valence-electron chi connectivity index (χ1n) is 10.2. The highest BCUT2D eigenvalue weighted by Crippen LogP contribution is 2.48. The van der Waals surface area contributed by atoms with Crippen LogP contribution in [0.3, 0.4) is 0 Å². The number of carboxylic acids is 1. The van der Waals surface area contributed by atoms with Crippen molar-refractivity contribution >= 4 is 12.0 Å². The molecule has 2 atom stereocenters. The first kappa shape index (κ1) is 21.3. The standard InChI is InChI=1S/C22H24F3N3O3/c1-12-6-19(17(9-26-12)20(29)30)27-21(31)28-10-14-7-13(8-15(14)11-28)16-4-2-3-5-18(16)22(23,24)25/h2-6,13-15,26H,7-11H2,1H3,(H,27,31)(H,29,30). The summed E-state index contributed by atoms with van der Waals surface area (Å²) in [4.78, 5) is 25.8. The van der Waals surface area contributed by atoms with Gasteiger partial charge in [0, 0.05) is 25.3 Å². The maximum Gasteiger partial charge on any atom is 0.416 e. The fourth-order valence-corrected chi connectivity index (χ4v) is 5.01. The molecule has 0 bridgehead atoms. The van der Waals surface area contributed by atoms with Crippen molar-refractivity contribution in [2.24, 2.45) is 11.8 Å². The summed E-state index contributed by atoms with van der Waals surface area (Å²) in [7, 11) is 0. The summed E-state index contributed by atoms with van der Waals surface area (Å²) in [6.45, 7) is 2.82. The van der Waals surface area contributed by atoms with Crippen LogP contribution < -0.4 is 10.6 Å². The Morgan fingerprint density at radius 2 is 1.81 bits per heavy atom. The van der Waals surface area contributed by atoms with Crippen LogP contribution in [-0.4, -0.2) is 41.6 Å². The average Bonchev–Trinajstić information content (AvgIpc) is 3.26. The van der Waals surface area contributed by atoms with Gasteiger partial charge < -0.3 is 20.6 Å². The Hall–Kier alpha value is -2.97. The van der Waals surface area contributed by atoms with Crippen LogP contribution in [0.2, 0.25) is 0 Å². The summed E-state index contributed by atoms with van der Waals surface area (Å²) in [5.41, 5.74) is 0.873. The second-order valence-corrected chi connectivity index (χ2v) is 8.49. The molecule has 1 saturated heterocycles. The number of alkyl halides is 3. The summed E-state index contributed by atoms with van der Waals surface area (Å²) < 4.78 is 40.1. The lowest BCUT2D eigenvalue weighted by atomic mass is 9.91. The molecule has 1 aromatic carbocycles. The molecule has 31 heavy (non-hydrogen) atoms. The number of urea groups is 1. The fourth-order valence-electron chi connectivity index (χ4n) is 5.01. The molecule has 1 saturated carbocycles. The molecule has 2 unspecified atom stereocenters. The third-order valence-electron chi connectivity index (χ3n) is 6.47. The molecule has 9 heteroatoms. The second-order valence-electron chi connectivity index (χ2n) is 8.49. The Bertz CT molecular complexity index is 956. The minimum Gasteiger partial charge on any atom is -0.478 e. The van der Waals surface area contributed by atoms with E-state index in [9.17, 15) is 27.9 Å². The van der Waals surface area contributed by atoms with E-state index in [1.54, 1.807) is 30.0 Å². The molecule has 2 heterocycles. The number of rotatable bonds is 3. The van der Waals surface area contributed by atoms with Crippen molar-refractivity contribution < 1.29 is 27.9 Å². The van der Waals surface area contributed by atoms with Gasteiger partial charge in [0.2, 0.25) is 0 Å². The van der Waals surface area contributed by atoms with E-state index in [2.05, 4.69) is 10.6 Å². The Labute approximate surface area is 177 Å². The van der Waals surface area contributed by atoms with Crippen LogP contribution in [0.1, 0.15) is 36.8 Å². The number of halogens is 3. The van der Waals surface area contributed by atoms with E-state index < -0.39 is 17.7 Å². The van der Waals surface area contributed by atoms with Crippen molar-refractivity contribution in [3.63, 3.8) is 0 Å². The maximum absolute atomic E-state index is 13.4. The van der Waals surface area contributed by atoms with E-state index in [0.717, 1.165) is 11.8 Å². The summed E-state index contributed by atoms with van der Waals surface area (Å²) in [5, 5.41) is 15.0. The van der Waals surface area contributed by atoms with E-state index in [-0.39, 0.29) is 41.6 Å². The fraction of sp³-hybridized carbons (Fsp3) is 0.455. The third-order valence-corrected chi connectivity index (χ3v) is 6.47. The predicted molar refractivity (Wildman–Crippen MR) is 107 cm³/mol. The number of carbonyl (C=O) groups is 2. The molecule has 0 radical (unpaired) electrons. The largest absolute Gasteiger partial charge is 0.478 e. The molecule has 166 valence electrons. The van der Waals surface area contributed by atoms with Gasteiger partial charge in [0.25, 0.3) is 0 Å². The number of carboxylic acid groups (broad SMARTS) is 1. The number of hydrogen-bond donors (Lipinski definition) is 3. The van der Waals surface area contributed by atoms with Gasteiger partial charge in [-0.05, 0) is 55.2 Å². The van der Waals surface area contributed by atoms with Gasteiger partial charge in [-0.1, -0.05) is 18.2 Å². The summed E-state index contributed by atoms with van der Waals surface area (Å²) >= 11 is 0. The molecule has 1 aromatic rings. The lowest BCUT2D eigenvalue weighted by Crippen LogP contribution is -2.40. The van der Waals surface area contributed by atoms with Crippen molar-refractivity contribution in [3.8, 4) is 0 Å². The van der Waals surface area contributed by atoms with Crippen molar-refractivity contribution in [2.75, 3.05) is 19.6 Å². The molecule has 3 aliphatic rings. The molecule has 1 aliphatic carbocycles. The van der Waals surface area contributed by atoms with Gasteiger partial charge in [0.05, 0.1) is 16.8 Å². The molecule has 6 nitrogen and oxygen atoms in total. The van der Waals surface area contributed by atoms with Crippen molar-refractivity contribution in [2.45, 2.75) is 31.9 Å². The van der Waals surface area contributed by atoms with Gasteiger partial charge in [-0.3, -0.25) is 0 Å². The molecule has 2 amide bonds. The van der Waals surface area contributed by atoms with Crippen LogP contribution in [0.5, 0.6) is 0 Å². The molecule has 4 rings (SSSR count). The van der Waals surface area contributed by atoms with Crippen LogP contribution in [0.25, 0.3) is 0 Å². The SMILES string of the molecule is CC1=CC(NC(=O)N2CC3CC(c4ccccc4C(F)(F)F)CC3C2)=C(C(=O)O)CN1. The highest BCUT2D eigenvalue weighted by molar-refractivity contribution is 5.90. The zero-order valence-corrected chi connectivity index (χ0v) is 17.0. The van der Waals surface area contributed by atoms with Gasteiger partial charge in [0.15, 0.2) is 0 Å². The number of fused-ring (bicyclic) bond motifs is 1. The summed E-state index contributed by atoms with van der Waals surface area (Å²) in [5.74, 6) is -1.00. The average molecular weight is 435 g/mol. The zero-order chi connectivity index (χ0) is 22.3. The number of hydrogen-bond acceptors (Lipinski definition) is 3. The molecule has 2 fully saturated rings. The Balaban J connectivity index is 1.42. The molecular weight excluding hydrogens is 411 g/mol. The van der Waals surface area contributed by atoms with Crippen molar-refractivity contribution in [3.05, 3.63) is 58.4 Å². The van der Waals surface area contributed by atoms with E-state index >= 15 is 0 Å². The van der Waals surface area contributed by atoms with Gasteiger partial charge in [-0.25, -0.2) is 9.59 Å². The monoisotopic (exact) mass is 435 g/mol. The Morgan fingerprint density at radius 3 is 2.42 bits per heavy atom. The molecule has 0 spiro atoms. The number of nitrogens with one attached hydrogen (secondary N) is 2. The maximum atomic E-state index is 13.4. The van der Waals surface area contributed by atoms with Crippen LogP contribution in [0.4, 0.5) is 18.0 Å². The molecule has 3 N–H and O–H groups in total.